The van der Waals surface area contributed by atoms with Crippen molar-refractivity contribution >= 4 is 11.3 Å². The minimum Gasteiger partial charge on any atom is -0.316 e. The second-order valence-corrected chi connectivity index (χ2v) is 5.29. The molecular formula is C11H21N3S. The fourth-order valence-corrected chi connectivity index (χ4v) is 2.11. The fraction of sp³-hybridized carbons (Fsp3) is 0.818. The minimum atomic E-state index is 0.734. The van der Waals surface area contributed by atoms with Crippen LogP contribution in [0.25, 0.3) is 0 Å². The topological polar surface area (TPSA) is 37.8 Å². The molecule has 0 fully saturated rings. The van der Waals surface area contributed by atoms with Crippen LogP contribution in [-0.4, -0.2) is 23.3 Å². The molecule has 0 spiro atoms. The predicted octanol–water partition coefficient (Wildman–Crippen LogP) is 2.28. The Labute approximate surface area is 96.3 Å². The lowest BCUT2D eigenvalue weighted by Gasteiger charge is -2.05. The molecule has 3 nitrogen and oxygen atoms in total. The molecule has 0 saturated carbocycles. The molecule has 0 amide bonds. The van der Waals surface area contributed by atoms with Crippen LogP contribution in [0.15, 0.2) is 0 Å². The Morgan fingerprint density at radius 3 is 2.60 bits per heavy atom. The van der Waals surface area contributed by atoms with Crippen molar-refractivity contribution in [1.82, 2.24) is 15.5 Å². The predicted molar refractivity (Wildman–Crippen MR) is 65.3 cm³/mol. The summed E-state index contributed by atoms with van der Waals surface area (Å²) in [6, 6.07) is 0. The molecule has 1 aromatic rings. The van der Waals surface area contributed by atoms with Crippen LogP contribution in [0.3, 0.4) is 0 Å². The van der Waals surface area contributed by atoms with E-state index in [4.69, 9.17) is 0 Å². The monoisotopic (exact) mass is 227 g/mol. The maximum Gasteiger partial charge on any atom is 0.117 e. The van der Waals surface area contributed by atoms with Crippen LogP contribution in [0.4, 0.5) is 0 Å². The highest BCUT2D eigenvalue weighted by Crippen LogP contribution is 2.11. The van der Waals surface area contributed by atoms with Gasteiger partial charge in [0, 0.05) is 6.42 Å². The largest absolute Gasteiger partial charge is 0.316 e. The van der Waals surface area contributed by atoms with Gasteiger partial charge in [0.15, 0.2) is 0 Å². The third kappa shape index (κ3) is 5.23. The van der Waals surface area contributed by atoms with E-state index in [0.717, 1.165) is 43.3 Å². The average molecular weight is 227 g/mol. The lowest BCUT2D eigenvalue weighted by atomic mass is 10.2. The molecule has 1 rings (SSSR count). The van der Waals surface area contributed by atoms with Crippen LogP contribution in [-0.2, 0) is 12.8 Å². The summed E-state index contributed by atoms with van der Waals surface area (Å²) >= 11 is 1.75. The van der Waals surface area contributed by atoms with E-state index in [9.17, 15) is 0 Å². The Kier molecular flexibility index (Phi) is 5.79. The fourth-order valence-electron chi connectivity index (χ4n) is 1.29. The highest BCUT2D eigenvalue weighted by Gasteiger charge is 2.01. The molecule has 4 heteroatoms. The highest BCUT2D eigenvalue weighted by atomic mass is 32.1. The van der Waals surface area contributed by atoms with E-state index < -0.39 is 0 Å². The number of nitrogens with one attached hydrogen (secondary N) is 1. The molecule has 1 heterocycles. The number of aromatic nitrogens is 2. The van der Waals surface area contributed by atoms with Gasteiger partial charge in [0.1, 0.15) is 10.0 Å². The van der Waals surface area contributed by atoms with E-state index in [0.29, 0.717) is 0 Å². The van der Waals surface area contributed by atoms with E-state index in [-0.39, 0.29) is 0 Å². The van der Waals surface area contributed by atoms with Gasteiger partial charge in [0.05, 0.1) is 0 Å². The highest BCUT2D eigenvalue weighted by molar-refractivity contribution is 7.11. The number of rotatable bonds is 7. The van der Waals surface area contributed by atoms with Crippen LogP contribution < -0.4 is 5.32 Å². The lowest BCUT2D eigenvalue weighted by Crippen LogP contribution is -2.21. The molecule has 0 saturated heterocycles. The summed E-state index contributed by atoms with van der Waals surface area (Å²) in [5, 5.41) is 14.0. The van der Waals surface area contributed by atoms with E-state index >= 15 is 0 Å². The number of hydrogen-bond acceptors (Lipinski definition) is 4. The van der Waals surface area contributed by atoms with Crippen molar-refractivity contribution < 1.29 is 0 Å². The molecule has 0 unspecified atom stereocenters. The third-order valence-electron chi connectivity index (χ3n) is 2.11. The summed E-state index contributed by atoms with van der Waals surface area (Å²) in [7, 11) is 0. The van der Waals surface area contributed by atoms with Crippen molar-refractivity contribution in [3.8, 4) is 0 Å². The molecular weight excluding hydrogens is 206 g/mol. The molecule has 0 aliphatic heterocycles. The molecule has 86 valence electrons. The van der Waals surface area contributed by atoms with Crippen LogP contribution >= 0.6 is 11.3 Å². The van der Waals surface area contributed by atoms with Gasteiger partial charge in [-0.3, -0.25) is 0 Å². The van der Waals surface area contributed by atoms with Crippen molar-refractivity contribution in [2.24, 2.45) is 5.92 Å². The van der Waals surface area contributed by atoms with Crippen LogP contribution in [0.5, 0.6) is 0 Å². The lowest BCUT2D eigenvalue weighted by molar-refractivity contribution is 0.542. The molecule has 15 heavy (non-hydrogen) atoms. The Balaban J connectivity index is 2.09. The first-order valence-electron chi connectivity index (χ1n) is 5.74. The molecule has 1 aromatic heterocycles. The van der Waals surface area contributed by atoms with Crippen LogP contribution in [0, 0.1) is 5.92 Å². The second-order valence-electron chi connectivity index (χ2n) is 4.14. The Morgan fingerprint density at radius 2 is 2.00 bits per heavy atom. The van der Waals surface area contributed by atoms with Crippen LogP contribution in [0.1, 0.15) is 37.2 Å². The zero-order valence-corrected chi connectivity index (χ0v) is 10.7. The van der Waals surface area contributed by atoms with E-state index in [1.807, 2.05) is 0 Å². The smallest absolute Gasteiger partial charge is 0.117 e. The Hall–Kier alpha value is -0.480. The standard InChI is InChI=1S/C11H21N3S/c1-4-10-13-14-11(15-10)6-5-7-12-8-9(2)3/h9,12H,4-8H2,1-3H3. The quantitative estimate of drug-likeness (QED) is 0.726. The van der Waals surface area contributed by atoms with Crippen molar-refractivity contribution in [2.45, 2.75) is 40.0 Å². The average Bonchev–Trinajstić information content (AvgIpc) is 2.65. The van der Waals surface area contributed by atoms with E-state index in [1.54, 1.807) is 11.3 Å². The van der Waals surface area contributed by atoms with Crippen molar-refractivity contribution in [3.05, 3.63) is 10.0 Å². The van der Waals surface area contributed by atoms with Gasteiger partial charge in [-0.1, -0.05) is 20.8 Å². The summed E-state index contributed by atoms with van der Waals surface area (Å²) < 4.78 is 0. The summed E-state index contributed by atoms with van der Waals surface area (Å²) in [6.45, 7) is 8.76. The normalized spacial score (nSPS) is 11.2. The minimum absolute atomic E-state index is 0.734. The molecule has 0 aliphatic rings. The number of nitrogens with zero attached hydrogens (tertiary/aromatic N) is 2. The van der Waals surface area contributed by atoms with Gasteiger partial charge < -0.3 is 5.32 Å². The molecule has 0 atom stereocenters. The van der Waals surface area contributed by atoms with Crippen molar-refractivity contribution in [3.63, 3.8) is 0 Å². The first-order valence-corrected chi connectivity index (χ1v) is 6.56. The molecule has 0 aliphatic carbocycles. The molecule has 1 N–H and O–H groups in total. The van der Waals surface area contributed by atoms with Gasteiger partial charge in [-0.2, -0.15) is 0 Å². The van der Waals surface area contributed by atoms with E-state index in [1.165, 1.54) is 5.01 Å². The molecule has 0 aromatic carbocycles. The first-order chi connectivity index (χ1) is 7.22. The molecule has 0 radical (unpaired) electrons. The summed E-state index contributed by atoms with van der Waals surface area (Å²) in [5.74, 6) is 0.734. The SMILES string of the molecule is CCc1nnc(CCCNCC(C)C)s1. The van der Waals surface area contributed by atoms with Crippen molar-refractivity contribution in [1.29, 1.82) is 0 Å². The van der Waals surface area contributed by atoms with Gasteiger partial charge in [0.2, 0.25) is 0 Å². The van der Waals surface area contributed by atoms with Gasteiger partial charge in [-0.25, -0.2) is 0 Å². The van der Waals surface area contributed by atoms with Crippen molar-refractivity contribution in [2.75, 3.05) is 13.1 Å². The summed E-state index contributed by atoms with van der Waals surface area (Å²) in [5.41, 5.74) is 0. The van der Waals surface area contributed by atoms with Crippen LogP contribution in [0.2, 0.25) is 0 Å². The second kappa shape index (κ2) is 6.90. The van der Waals surface area contributed by atoms with Gasteiger partial charge in [-0.15, -0.1) is 21.5 Å². The summed E-state index contributed by atoms with van der Waals surface area (Å²) in [6.07, 6.45) is 3.22. The zero-order valence-electron chi connectivity index (χ0n) is 9.92. The number of hydrogen-bond donors (Lipinski definition) is 1. The van der Waals surface area contributed by atoms with Gasteiger partial charge >= 0.3 is 0 Å². The van der Waals surface area contributed by atoms with E-state index in [2.05, 4.69) is 36.3 Å². The maximum atomic E-state index is 4.16. The number of aryl methyl sites for hydroxylation is 2. The van der Waals surface area contributed by atoms with Gasteiger partial charge in [0.25, 0.3) is 0 Å². The molecule has 0 bridgehead atoms. The first kappa shape index (κ1) is 12.6. The zero-order chi connectivity index (χ0) is 11.1. The Morgan fingerprint density at radius 1 is 1.27 bits per heavy atom. The third-order valence-corrected chi connectivity index (χ3v) is 3.24. The maximum absolute atomic E-state index is 4.16. The Bertz CT molecular complexity index is 271. The summed E-state index contributed by atoms with van der Waals surface area (Å²) in [4.78, 5) is 0. The van der Waals surface area contributed by atoms with Gasteiger partial charge in [-0.05, 0) is 31.8 Å².